The summed E-state index contributed by atoms with van der Waals surface area (Å²) in [7, 11) is 1.68. The molecule has 152 valence electrons. The summed E-state index contributed by atoms with van der Waals surface area (Å²) < 4.78 is 6.76. The largest absolute Gasteiger partial charge is 0.332 e. The van der Waals surface area contributed by atoms with Crippen molar-refractivity contribution in [1.82, 2.24) is 23.1 Å². The monoisotopic (exact) mass is 393 g/mol. The zero-order valence-corrected chi connectivity index (χ0v) is 17.6. The molecule has 1 atom stereocenters. The van der Waals surface area contributed by atoms with Crippen molar-refractivity contribution in [3.8, 4) is 0 Å². The van der Waals surface area contributed by atoms with Crippen molar-refractivity contribution >= 4 is 16.9 Å². The van der Waals surface area contributed by atoms with Crippen LogP contribution >= 0.6 is 0 Å². The van der Waals surface area contributed by atoms with Crippen molar-refractivity contribution in [2.24, 2.45) is 13.0 Å². The van der Waals surface area contributed by atoms with Crippen LogP contribution in [0.1, 0.15) is 44.5 Å². The fourth-order valence-electron chi connectivity index (χ4n) is 3.97. The highest BCUT2D eigenvalue weighted by atomic mass is 16.2. The van der Waals surface area contributed by atoms with Gasteiger partial charge >= 0.3 is 5.69 Å². The first-order valence-corrected chi connectivity index (χ1v) is 10.1. The van der Waals surface area contributed by atoms with Gasteiger partial charge in [0.25, 0.3) is 5.56 Å². The molecule has 7 heteroatoms. The summed E-state index contributed by atoms with van der Waals surface area (Å²) in [6.45, 7) is 8.70. The van der Waals surface area contributed by atoms with Crippen LogP contribution < -0.4 is 11.2 Å². The van der Waals surface area contributed by atoms with Crippen molar-refractivity contribution < 1.29 is 0 Å². The highest BCUT2D eigenvalue weighted by Crippen LogP contribution is 2.25. The van der Waals surface area contributed by atoms with Gasteiger partial charge in [0.1, 0.15) is 0 Å². The lowest BCUT2D eigenvalue weighted by atomic mass is 10.1. The Morgan fingerprint density at radius 2 is 1.76 bits per heavy atom. The van der Waals surface area contributed by atoms with Gasteiger partial charge in [-0.1, -0.05) is 44.2 Å². The molecule has 4 aromatic rings. The lowest BCUT2D eigenvalue weighted by Gasteiger charge is -2.16. The summed E-state index contributed by atoms with van der Waals surface area (Å²) in [5.41, 5.74) is 2.44. The molecule has 0 bridgehead atoms. The smallest absolute Gasteiger partial charge is 0.307 e. The summed E-state index contributed by atoms with van der Waals surface area (Å²) in [5, 5.41) is 0. The van der Waals surface area contributed by atoms with Gasteiger partial charge < -0.3 is 4.57 Å². The van der Waals surface area contributed by atoms with Crippen LogP contribution in [0.5, 0.6) is 0 Å². The van der Waals surface area contributed by atoms with Gasteiger partial charge in [-0.3, -0.25) is 18.3 Å². The zero-order chi connectivity index (χ0) is 20.9. The molecule has 29 heavy (non-hydrogen) atoms. The average molecular weight is 393 g/mol. The van der Waals surface area contributed by atoms with Gasteiger partial charge in [-0.05, 0) is 31.7 Å². The minimum absolute atomic E-state index is 0.0470. The van der Waals surface area contributed by atoms with E-state index in [0.29, 0.717) is 29.4 Å². The average Bonchev–Trinajstić information content (AvgIpc) is 3.20. The summed E-state index contributed by atoms with van der Waals surface area (Å²) in [5.74, 6) is 1.07. The Bertz CT molecular complexity index is 1300. The highest BCUT2D eigenvalue weighted by molar-refractivity contribution is 5.75. The van der Waals surface area contributed by atoms with E-state index in [2.05, 4.69) is 37.5 Å². The maximum atomic E-state index is 13.2. The molecule has 0 amide bonds. The minimum atomic E-state index is -0.316. The first-order valence-electron chi connectivity index (χ1n) is 10.1. The summed E-state index contributed by atoms with van der Waals surface area (Å²) in [6.07, 6.45) is 2.70. The number of aromatic nitrogens is 5. The van der Waals surface area contributed by atoms with E-state index in [-0.39, 0.29) is 17.3 Å². The van der Waals surface area contributed by atoms with E-state index in [1.165, 1.54) is 9.13 Å². The lowest BCUT2D eigenvalue weighted by molar-refractivity contribution is 0.488. The minimum Gasteiger partial charge on any atom is -0.307 e. The molecule has 3 aromatic heterocycles. The predicted molar refractivity (Wildman–Crippen MR) is 115 cm³/mol. The molecule has 0 N–H and O–H groups in total. The Morgan fingerprint density at radius 3 is 2.41 bits per heavy atom. The molecule has 1 aromatic carbocycles. The molecule has 7 nitrogen and oxygen atoms in total. The summed E-state index contributed by atoms with van der Waals surface area (Å²) in [6, 6.07) is 10.2. The number of rotatable bonds is 5. The molecule has 0 aliphatic rings. The Hall–Kier alpha value is -3.09. The van der Waals surface area contributed by atoms with Crippen LogP contribution in [0.3, 0.4) is 0 Å². The third kappa shape index (κ3) is 3.01. The van der Waals surface area contributed by atoms with E-state index in [1.807, 2.05) is 35.7 Å². The number of hydrogen-bond acceptors (Lipinski definition) is 3. The van der Waals surface area contributed by atoms with Gasteiger partial charge in [-0.25, -0.2) is 4.79 Å². The van der Waals surface area contributed by atoms with Gasteiger partial charge in [-0.2, -0.15) is 4.98 Å². The fraction of sp³-hybridized carbons (Fsp3) is 0.409. The normalized spacial score (nSPS) is 13.0. The Balaban J connectivity index is 1.98. The standard InChI is InChI=1S/C22H27N5O2/c1-14(2)11-12-25-20(28)18-19(24(5)22(25)29)23-21-26(18)13-15(3)27(21)16(4)17-9-7-6-8-10-17/h6-10,13-14,16H,11-12H2,1-5H3/t16-/m1/s1. The Kier molecular flexibility index (Phi) is 4.68. The number of imidazole rings is 2. The fourth-order valence-corrected chi connectivity index (χ4v) is 3.97. The van der Waals surface area contributed by atoms with Crippen LogP contribution in [0, 0.1) is 12.8 Å². The SMILES string of the molecule is Cc1cn2c3c(=O)n(CCC(C)C)c(=O)n(C)c3nc2n1[C@H](C)c1ccccc1. The van der Waals surface area contributed by atoms with Crippen LogP contribution in [0.15, 0.2) is 46.1 Å². The topological polar surface area (TPSA) is 66.2 Å². The van der Waals surface area contributed by atoms with Gasteiger partial charge in [-0.15, -0.1) is 0 Å². The van der Waals surface area contributed by atoms with E-state index in [9.17, 15) is 9.59 Å². The van der Waals surface area contributed by atoms with Crippen LogP contribution in [0.2, 0.25) is 0 Å². The number of hydrogen-bond donors (Lipinski definition) is 0. The molecule has 0 fully saturated rings. The van der Waals surface area contributed by atoms with E-state index in [1.54, 1.807) is 7.05 Å². The maximum Gasteiger partial charge on any atom is 0.332 e. The maximum absolute atomic E-state index is 13.2. The number of fused-ring (bicyclic) bond motifs is 3. The van der Waals surface area contributed by atoms with Crippen molar-refractivity contribution in [1.29, 1.82) is 0 Å². The second-order valence-corrected chi connectivity index (χ2v) is 8.16. The highest BCUT2D eigenvalue weighted by Gasteiger charge is 2.22. The quantitative estimate of drug-likeness (QED) is 0.523. The number of aryl methyl sites for hydroxylation is 2. The molecule has 0 saturated heterocycles. The molecule has 0 spiro atoms. The van der Waals surface area contributed by atoms with Crippen LogP contribution in [0.25, 0.3) is 16.9 Å². The van der Waals surface area contributed by atoms with Gasteiger partial charge in [0, 0.05) is 25.5 Å². The van der Waals surface area contributed by atoms with Crippen molar-refractivity contribution in [3.63, 3.8) is 0 Å². The van der Waals surface area contributed by atoms with Crippen LogP contribution in [-0.4, -0.2) is 23.1 Å². The molecule has 0 unspecified atom stereocenters. The molecule has 4 rings (SSSR count). The van der Waals surface area contributed by atoms with Crippen molar-refractivity contribution in [2.75, 3.05) is 0 Å². The zero-order valence-electron chi connectivity index (χ0n) is 17.6. The Morgan fingerprint density at radius 1 is 1.07 bits per heavy atom. The predicted octanol–water partition coefficient (Wildman–Crippen LogP) is 3.11. The second-order valence-electron chi connectivity index (χ2n) is 8.16. The van der Waals surface area contributed by atoms with E-state index in [0.717, 1.165) is 17.7 Å². The molecule has 3 heterocycles. The van der Waals surface area contributed by atoms with E-state index < -0.39 is 0 Å². The first-order chi connectivity index (χ1) is 13.8. The van der Waals surface area contributed by atoms with E-state index >= 15 is 0 Å². The van der Waals surface area contributed by atoms with Gasteiger partial charge in [0.15, 0.2) is 11.2 Å². The first kappa shape index (κ1) is 19.2. The number of nitrogens with zero attached hydrogens (tertiary/aromatic N) is 5. The molecule has 0 aliphatic carbocycles. The van der Waals surface area contributed by atoms with Crippen LogP contribution in [0.4, 0.5) is 0 Å². The third-order valence-electron chi connectivity index (χ3n) is 5.67. The Labute approximate surface area is 168 Å². The molecule has 0 radical (unpaired) electrons. The third-order valence-corrected chi connectivity index (χ3v) is 5.67. The molecule has 0 aliphatic heterocycles. The molecular weight excluding hydrogens is 366 g/mol. The summed E-state index contributed by atoms with van der Waals surface area (Å²) >= 11 is 0. The number of benzene rings is 1. The van der Waals surface area contributed by atoms with Crippen molar-refractivity contribution in [3.05, 3.63) is 68.6 Å². The molecule has 0 saturated carbocycles. The summed E-state index contributed by atoms with van der Waals surface area (Å²) in [4.78, 5) is 30.7. The second kappa shape index (κ2) is 7.06. The molecular formula is C22H27N5O2. The lowest BCUT2D eigenvalue weighted by Crippen LogP contribution is -2.39. The van der Waals surface area contributed by atoms with Crippen molar-refractivity contribution in [2.45, 2.75) is 46.7 Å². The van der Waals surface area contributed by atoms with E-state index in [4.69, 9.17) is 4.98 Å². The van der Waals surface area contributed by atoms with Crippen LogP contribution in [-0.2, 0) is 13.6 Å². The van der Waals surface area contributed by atoms with Gasteiger partial charge in [0.2, 0.25) is 5.78 Å². The van der Waals surface area contributed by atoms with Gasteiger partial charge in [0.05, 0.1) is 6.04 Å².